The van der Waals surface area contributed by atoms with Crippen molar-refractivity contribution >= 4 is 54.7 Å². The Kier molecular flexibility index (Phi) is 7.36. The van der Waals surface area contributed by atoms with Gasteiger partial charge in [0.15, 0.2) is 11.6 Å². The number of anilines is 2. The number of hydrogen-bond acceptors (Lipinski definition) is 10. The first-order chi connectivity index (χ1) is 22.2. The minimum absolute atomic E-state index is 0.0129. The van der Waals surface area contributed by atoms with E-state index in [1.165, 1.54) is 12.1 Å². The van der Waals surface area contributed by atoms with E-state index in [0.717, 1.165) is 63.0 Å². The summed E-state index contributed by atoms with van der Waals surface area (Å²) in [5.74, 6) is -0.464. The molecule has 4 aliphatic rings. The van der Waals surface area contributed by atoms with E-state index in [1.54, 1.807) is 0 Å². The number of nitrogen functional groups attached to an aromatic ring is 1. The van der Waals surface area contributed by atoms with Gasteiger partial charge >= 0.3 is 6.01 Å². The van der Waals surface area contributed by atoms with E-state index < -0.39 is 11.6 Å². The fourth-order valence-electron chi connectivity index (χ4n) is 8.12. The van der Waals surface area contributed by atoms with Crippen LogP contribution in [0.2, 0.25) is 5.02 Å². The Morgan fingerprint density at radius 2 is 1.91 bits per heavy atom. The van der Waals surface area contributed by atoms with Crippen molar-refractivity contribution in [3.63, 3.8) is 0 Å². The van der Waals surface area contributed by atoms with E-state index in [0.29, 0.717) is 30.4 Å². The maximum atomic E-state index is 17.2. The smallest absolute Gasteiger partial charge is 0.319 e. The number of likely N-dealkylation sites (tertiary alicyclic amines) is 2. The highest BCUT2D eigenvalue weighted by atomic mass is 35.5. The van der Waals surface area contributed by atoms with Gasteiger partial charge in [0.25, 0.3) is 0 Å². The molecule has 2 aromatic carbocycles. The lowest BCUT2D eigenvalue weighted by Gasteiger charge is -2.32. The molecule has 4 aliphatic heterocycles. The topological polar surface area (TPSA) is 104 Å². The van der Waals surface area contributed by atoms with Crippen molar-refractivity contribution in [1.29, 1.82) is 5.26 Å². The lowest BCUT2D eigenvalue weighted by atomic mass is 9.96. The molecule has 0 aliphatic carbocycles. The summed E-state index contributed by atoms with van der Waals surface area (Å²) >= 11 is 8.02. The molecular formula is C33H34ClF2N7O2S. The predicted octanol–water partition coefficient (Wildman–Crippen LogP) is 6.19. The lowest BCUT2D eigenvalue weighted by molar-refractivity contribution is 0.0868. The number of benzene rings is 2. The first-order valence-electron chi connectivity index (χ1n) is 15.8. The quantitative estimate of drug-likeness (QED) is 0.268. The van der Waals surface area contributed by atoms with Gasteiger partial charge in [0, 0.05) is 35.6 Å². The summed E-state index contributed by atoms with van der Waals surface area (Å²) in [4.78, 5) is 16.7. The van der Waals surface area contributed by atoms with Gasteiger partial charge in [-0.2, -0.15) is 15.2 Å². The third-order valence-electron chi connectivity index (χ3n) is 10.4. The number of ether oxygens (including phenoxy) is 2. The maximum Gasteiger partial charge on any atom is 0.319 e. The van der Waals surface area contributed by atoms with Crippen LogP contribution in [0.5, 0.6) is 11.8 Å². The van der Waals surface area contributed by atoms with Gasteiger partial charge in [-0.1, -0.05) is 17.7 Å². The number of hydrogen-bond donors (Lipinski definition) is 1. The van der Waals surface area contributed by atoms with Crippen molar-refractivity contribution in [2.24, 2.45) is 0 Å². The molecule has 8 rings (SSSR count). The maximum absolute atomic E-state index is 17.2. The molecular weight excluding hydrogens is 632 g/mol. The number of nitrogens with two attached hydrogens (primary N) is 1. The van der Waals surface area contributed by atoms with Gasteiger partial charge in [-0.15, -0.1) is 11.3 Å². The largest absolute Gasteiger partial charge is 0.489 e. The molecule has 4 unspecified atom stereocenters. The average molecular weight is 666 g/mol. The van der Waals surface area contributed by atoms with Crippen LogP contribution in [0.1, 0.15) is 44.1 Å². The lowest BCUT2D eigenvalue weighted by Crippen LogP contribution is -2.41. The first-order valence-corrected chi connectivity index (χ1v) is 17.0. The Balaban J connectivity index is 1.39. The molecule has 0 radical (unpaired) electrons. The Morgan fingerprint density at radius 3 is 2.70 bits per heavy atom. The van der Waals surface area contributed by atoms with Gasteiger partial charge in [-0.05, 0) is 70.8 Å². The Morgan fingerprint density at radius 1 is 1.07 bits per heavy atom. The molecule has 9 nitrogen and oxygen atoms in total. The standard InChI is InChI=1S/C33H34ClF2N7O2S/c1-41-10-4-6-21(41)22-7-3-5-16-13-17(15-42(16)2)43-11-12-44-29-25-28(39-33(45-22)40-32(25)43)27(36)24(26(29)34)18-8-9-20(35)30-23(18)19(14-37)31(38)46-30/h8-9,16-17,21-22H,3-7,10-13,15,38H2,1-2H3. The molecule has 0 amide bonds. The number of nitrogens with zero attached hydrogens (tertiary/aromatic N) is 6. The molecule has 2 saturated heterocycles. The van der Waals surface area contributed by atoms with Crippen molar-refractivity contribution < 1.29 is 18.3 Å². The van der Waals surface area contributed by atoms with E-state index >= 15 is 4.39 Å². The van der Waals surface area contributed by atoms with Crippen LogP contribution in [0.25, 0.3) is 32.1 Å². The zero-order chi connectivity index (χ0) is 31.9. The second-order valence-electron chi connectivity index (χ2n) is 12.9. The van der Waals surface area contributed by atoms with Gasteiger partial charge in [0.2, 0.25) is 0 Å². The zero-order valence-electron chi connectivity index (χ0n) is 25.7. The van der Waals surface area contributed by atoms with Crippen molar-refractivity contribution in [3.05, 3.63) is 34.4 Å². The second-order valence-corrected chi connectivity index (χ2v) is 14.4. The Labute approximate surface area is 274 Å². The number of rotatable bonds is 2. The average Bonchev–Trinajstić information content (AvgIpc) is 3.68. The molecule has 2 fully saturated rings. The predicted molar refractivity (Wildman–Crippen MR) is 176 cm³/mol. The van der Waals surface area contributed by atoms with Gasteiger partial charge in [0.05, 0.1) is 27.2 Å². The zero-order valence-corrected chi connectivity index (χ0v) is 27.2. The SMILES string of the molecule is CN1CC2CC1CCCC(C1CCCN1C)Oc1nc3c4c(c(Cl)c(-c5ccc(F)c6sc(N)c(C#N)c56)c(F)c4n1)OCCN32. The van der Waals surface area contributed by atoms with Crippen LogP contribution in [-0.2, 0) is 0 Å². The van der Waals surface area contributed by atoms with Crippen molar-refractivity contribution in [3.8, 4) is 29.0 Å². The molecule has 2 N–H and O–H groups in total. The number of aromatic nitrogens is 2. The van der Waals surface area contributed by atoms with Crippen LogP contribution >= 0.6 is 22.9 Å². The van der Waals surface area contributed by atoms with E-state index in [1.807, 2.05) is 0 Å². The third kappa shape index (κ3) is 4.58. The van der Waals surface area contributed by atoms with Gasteiger partial charge in [-0.3, -0.25) is 4.90 Å². The fraction of sp³-hybridized carbons (Fsp3) is 0.485. The number of nitriles is 1. The number of likely N-dealkylation sites (N-methyl/N-ethyl adjacent to an activating group) is 2. The van der Waals surface area contributed by atoms with E-state index in [9.17, 15) is 9.65 Å². The van der Waals surface area contributed by atoms with Crippen LogP contribution in [0.15, 0.2) is 12.1 Å². The van der Waals surface area contributed by atoms with Crippen molar-refractivity contribution in [2.75, 3.05) is 51.0 Å². The summed E-state index contributed by atoms with van der Waals surface area (Å²) in [5.41, 5.74) is 6.43. The molecule has 2 aromatic heterocycles. The van der Waals surface area contributed by atoms with E-state index in [-0.39, 0.29) is 72.3 Å². The van der Waals surface area contributed by atoms with Gasteiger partial charge in [0.1, 0.15) is 40.9 Å². The summed E-state index contributed by atoms with van der Waals surface area (Å²) in [5, 5.41) is 10.7. The molecule has 46 heavy (non-hydrogen) atoms. The van der Waals surface area contributed by atoms with E-state index in [2.05, 4.69) is 34.9 Å². The highest BCUT2D eigenvalue weighted by Crippen LogP contribution is 2.51. The summed E-state index contributed by atoms with van der Waals surface area (Å²) in [6, 6.07) is 5.62. The fourth-order valence-corrected chi connectivity index (χ4v) is 9.41. The molecule has 0 saturated carbocycles. The minimum atomic E-state index is -0.715. The van der Waals surface area contributed by atoms with Gasteiger partial charge in [-0.25, -0.2) is 8.78 Å². The normalized spacial score (nSPS) is 25.3. The first kappa shape index (κ1) is 29.9. The molecule has 6 heterocycles. The summed E-state index contributed by atoms with van der Waals surface area (Å²) < 4.78 is 45.3. The molecule has 0 spiro atoms. The second kappa shape index (κ2) is 11.3. The van der Waals surface area contributed by atoms with Crippen LogP contribution in [-0.4, -0.2) is 84.3 Å². The minimum Gasteiger partial charge on any atom is -0.489 e. The van der Waals surface area contributed by atoms with Crippen LogP contribution in [0.3, 0.4) is 0 Å². The third-order valence-corrected chi connectivity index (χ3v) is 11.8. The van der Waals surface area contributed by atoms with Crippen molar-refractivity contribution in [2.45, 2.75) is 62.8 Å². The molecule has 4 aromatic rings. The van der Waals surface area contributed by atoms with E-state index in [4.69, 9.17) is 36.8 Å². The number of fused-ring (bicyclic) bond motifs is 5. The molecule has 4 bridgehead atoms. The highest BCUT2D eigenvalue weighted by Gasteiger charge is 2.40. The molecule has 13 heteroatoms. The van der Waals surface area contributed by atoms with Crippen LogP contribution in [0, 0.1) is 23.0 Å². The molecule has 4 atom stereocenters. The van der Waals surface area contributed by atoms with Crippen LogP contribution in [0.4, 0.5) is 19.6 Å². The highest BCUT2D eigenvalue weighted by molar-refractivity contribution is 7.23. The summed E-state index contributed by atoms with van der Waals surface area (Å²) in [6.07, 6.45) is 5.82. The van der Waals surface area contributed by atoms with Crippen molar-refractivity contribution in [1.82, 2.24) is 19.8 Å². The number of thiophene rings is 1. The van der Waals surface area contributed by atoms with Crippen LogP contribution < -0.4 is 20.1 Å². The summed E-state index contributed by atoms with van der Waals surface area (Å²) in [6.45, 7) is 2.65. The molecule has 240 valence electrons. The number of halogens is 3. The monoisotopic (exact) mass is 665 g/mol. The Bertz CT molecular complexity index is 1930. The summed E-state index contributed by atoms with van der Waals surface area (Å²) in [7, 11) is 4.29. The Hall–Kier alpha value is -3.50. The van der Waals surface area contributed by atoms with Gasteiger partial charge < -0.3 is 25.0 Å².